The summed E-state index contributed by atoms with van der Waals surface area (Å²) in [4.78, 5) is 38.1. The standard InChI is InChI=1S/C30H38O9/c1-16-13-22(38-24(33)17(16)2)26(5,34)30(36)12-11-28(35)20-14-23-29(39-23)9-6-7-21(32)25(29,4)19(20)8-10-27(28,30)15-37-18(3)31/h6-8,20,22-23,34-36H,9-15H2,1-5H3/t20-,22-,23+,25-,26-,27+,28+,29+,30+/m0/s1. The van der Waals surface area contributed by atoms with Gasteiger partial charge in [0.05, 0.1) is 22.5 Å². The lowest BCUT2D eigenvalue weighted by Crippen LogP contribution is -2.73. The number of hydrogen-bond donors (Lipinski definition) is 3. The minimum atomic E-state index is -2.00. The Bertz CT molecular complexity index is 1280. The zero-order chi connectivity index (χ0) is 28.4. The van der Waals surface area contributed by atoms with Gasteiger partial charge in [0.25, 0.3) is 0 Å². The third kappa shape index (κ3) is 2.97. The van der Waals surface area contributed by atoms with Gasteiger partial charge in [-0.25, -0.2) is 4.79 Å². The number of hydrogen-bond acceptors (Lipinski definition) is 9. The Labute approximate surface area is 227 Å². The lowest BCUT2D eigenvalue weighted by molar-refractivity contribution is -0.278. The van der Waals surface area contributed by atoms with E-state index < -0.39 is 57.2 Å². The van der Waals surface area contributed by atoms with Crippen molar-refractivity contribution < 1.29 is 43.9 Å². The second-order valence-corrected chi connectivity index (χ2v) is 13.0. The summed E-state index contributed by atoms with van der Waals surface area (Å²) in [6.45, 7) is 7.68. The van der Waals surface area contributed by atoms with E-state index in [-0.39, 0.29) is 44.2 Å². The number of fused-ring (bicyclic) bond motifs is 4. The molecule has 0 amide bonds. The molecule has 0 unspecified atom stereocenters. The fourth-order valence-corrected chi connectivity index (χ4v) is 8.93. The summed E-state index contributed by atoms with van der Waals surface area (Å²) < 4.78 is 17.4. The van der Waals surface area contributed by atoms with Gasteiger partial charge in [0.1, 0.15) is 29.5 Å². The average Bonchev–Trinajstić information content (AvgIpc) is 3.52. The third-order valence-electron chi connectivity index (χ3n) is 11.7. The number of epoxide rings is 1. The second kappa shape index (κ2) is 7.90. The molecule has 6 aliphatic rings. The van der Waals surface area contributed by atoms with Crippen molar-refractivity contribution >= 4 is 17.7 Å². The van der Waals surface area contributed by atoms with Crippen LogP contribution in [0.1, 0.15) is 73.1 Å². The lowest BCUT2D eigenvalue weighted by atomic mass is 9.46. The molecule has 9 nitrogen and oxygen atoms in total. The molecule has 3 fully saturated rings. The number of esters is 2. The molecular weight excluding hydrogens is 504 g/mol. The highest BCUT2D eigenvalue weighted by molar-refractivity contribution is 6.00. The van der Waals surface area contributed by atoms with Crippen LogP contribution >= 0.6 is 0 Å². The van der Waals surface area contributed by atoms with Crippen LogP contribution in [-0.4, -0.2) is 74.3 Å². The van der Waals surface area contributed by atoms with Crippen molar-refractivity contribution in [1.82, 2.24) is 0 Å². The van der Waals surface area contributed by atoms with Crippen LogP contribution in [0.25, 0.3) is 0 Å². The van der Waals surface area contributed by atoms with Crippen molar-refractivity contribution in [1.29, 1.82) is 0 Å². The Balaban J connectivity index is 1.48. The predicted molar refractivity (Wildman–Crippen MR) is 137 cm³/mol. The first-order valence-electron chi connectivity index (χ1n) is 13.9. The third-order valence-corrected chi connectivity index (χ3v) is 11.7. The van der Waals surface area contributed by atoms with Crippen LogP contribution in [0.15, 0.2) is 34.9 Å². The second-order valence-electron chi connectivity index (χ2n) is 13.0. The number of rotatable bonds is 4. The molecule has 0 aromatic heterocycles. The highest BCUT2D eigenvalue weighted by Crippen LogP contribution is 2.73. The fraction of sp³-hybridized carbons (Fsp3) is 0.700. The van der Waals surface area contributed by atoms with Crippen LogP contribution in [0.5, 0.6) is 0 Å². The van der Waals surface area contributed by atoms with Gasteiger partial charge in [0.15, 0.2) is 5.78 Å². The summed E-state index contributed by atoms with van der Waals surface area (Å²) in [5.41, 5.74) is -6.75. The summed E-state index contributed by atoms with van der Waals surface area (Å²) in [6, 6.07) is 0. The Morgan fingerprint density at radius 1 is 1.21 bits per heavy atom. The number of allylic oxidation sites excluding steroid dienone is 2. The molecule has 9 atom stereocenters. The van der Waals surface area contributed by atoms with Gasteiger partial charge in [0.2, 0.25) is 0 Å². The zero-order valence-corrected chi connectivity index (χ0v) is 23.2. The molecule has 39 heavy (non-hydrogen) atoms. The van der Waals surface area contributed by atoms with Gasteiger partial charge >= 0.3 is 11.9 Å². The van der Waals surface area contributed by atoms with E-state index >= 15 is 0 Å². The van der Waals surface area contributed by atoms with E-state index in [0.29, 0.717) is 18.4 Å². The van der Waals surface area contributed by atoms with Gasteiger partial charge in [-0.15, -0.1) is 0 Å². The van der Waals surface area contributed by atoms with Crippen molar-refractivity contribution in [2.24, 2.45) is 16.7 Å². The van der Waals surface area contributed by atoms with Gasteiger partial charge in [-0.2, -0.15) is 0 Å². The molecule has 212 valence electrons. The summed E-state index contributed by atoms with van der Waals surface area (Å²) in [5.74, 6) is -1.78. The number of aliphatic hydroxyl groups is 3. The number of ketones is 1. The number of cyclic esters (lactones) is 1. The van der Waals surface area contributed by atoms with Gasteiger partial charge < -0.3 is 29.5 Å². The van der Waals surface area contributed by atoms with Crippen LogP contribution < -0.4 is 0 Å². The molecule has 4 aliphatic carbocycles. The van der Waals surface area contributed by atoms with E-state index in [1.807, 2.05) is 19.1 Å². The predicted octanol–water partition coefficient (Wildman–Crippen LogP) is 2.22. The minimum Gasteiger partial charge on any atom is -0.465 e. The average molecular weight is 543 g/mol. The van der Waals surface area contributed by atoms with Crippen LogP contribution in [0, 0.1) is 16.7 Å². The van der Waals surface area contributed by atoms with Crippen molar-refractivity contribution in [3.63, 3.8) is 0 Å². The summed E-state index contributed by atoms with van der Waals surface area (Å²) >= 11 is 0. The maximum Gasteiger partial charge on any atom is 0.334 e. The van der Waals surface area contributed by atoms with E-state index in [9.17, 15) is 29.7 Å². The number of carbonyl (C=O) groups excluding carboxylic acids is 3. The first-order chi connectivity index (χ1) is 18.1. The molecule has 2 heterocycles. The Hall–Kier alpha value is -2.33. The monoisotopic (exact) mass is 542 g/mol. The molecule has 0 bridgehead atoms. The summed E-state index contributed by atoms with van der Waals surface area (Å²) in [7, 11) is 0. The molecule has 0 aromatic carbocycles. The lowest BCUT2D eigenvalue weighted by Gasteiger charge is -2.61. The molecule has 2 aliphatic heterocycles. The van der Waals surface area contributed by atoms with Crippen LogP contribution in [-0.2, 0) is 28.6 Å². The van der Waals surface area contributed by atoms with Gasteiger partial charge in [-0.05, 0) is 65.9 Å². The van der Waals surface area contributed by atoms with E-state index in [0.717, 1.165) is 11.1 Å². The highest BCUT2D eigenvalue weighted by Gasteiger charge is 2.82. The van der Waals surface area contributed by atoms with Crippen LogP contribution in [0.4, 0.5) is 0 Å². The zero-order valence-electron chi connectivity index (χ0n) is 23.2. The summed E-state index contributed by atoms with van der Waals surface area (Å²) in [5, 5.41) is 37.5. The molecule has 1 spiro atoms. The molecular formula is C30H38O9. The van der Waals surface area contributed by atoms with Crippen molar-refractivity contribution in [3.05, 3.63) is 34.9 Å². The smallest absolute Gasteiger partial charge is 0.334 e. The molecule has 6 rings (SSSR count). The van der Waals surface area contributed by atoms with Gasteiger partial charge in [-0.1, -0.05) is 23.3 Å². The Morgan fingerprint density at radius 2 is 1.92 bits per heavy atom. The first kappa shape index (κ1) is 26.9. The Morgan fingerprint density at radius 3 is 2.59 bits per heavy atom. The topological polar surface area (TPSA) is 143 Å². The van der Waals surface area contributed by atoms with E-state index in [1.165, 1.54) is 13.8 Å². The van der Waals surface area contributed by atoms with E-state index in [1.54, 1.807) is 19.9 Å². The van der Waals surface area contributed by atoms with Crippen molar-refractivity contribution in [3.8, 4) is 0 Å². The Kier molecular flexibility index (Phi) is 5.44. The molecule has 2 saturated carbocycles. The summed E-state index contributed by atoms with van der Waals surface area (Å²) in [6.07, 6.45) is 5.42. The molecule has 1 saturated heterocycles. The van der Waals surface area contributed by atoms with Crippen molar-refractivity contribution in [2.75, 3.05) is 6.61 Å². The fourth-order valence-electron chi connectivity index (χ4n) is 8.93. The van der Waals surface area contributed by atoms with Gasteiger partial charge in [0, 0.05) is 24.8 Å². The molecule has 9 heteroatoms. The number of ether oxygens (including phenoxy) is 3. The van der Waals surface area contributed by atoms with E-state index in [2.05, 4.69) is 0 Å². The van der Waals surface area contributed by atoms with E-state index in [4.69, 9.17) is 14.2 Å². The minimum absolute atomic E-state index is 0.0214. The largest absolute Gasteiger partial charge is 0.465 e. The highest BCUT2D eigenvalue weighted by atomic mass is 16.6. The van der Waals surface area contributed by atoms with Crippen LogP contribution in [0.2, 0.25) is 0 Å². The van der Waals surface area contributed by atoms with Crippen LogP contribution in [0.3, 0.4) is 0 Å². The molecule has 0 aromatic rings. The number of carbonyl (C=O) groups is 3. The molecule has 0 radical (unpaired) electrons. The molecule has 3 N–H and O–H groups in total. The maximum atomic E-state index is 13.4. The maximum absolute atomic E-state index is 13.4. The van der Waals surface area contributed by atoms with Gasteiger partial charge in [-0.3, -0.25) is 9.59 Å². The van der Waals surface area contributed by atoms with Crippen molar-refractivity contribution in [2.45, 2.75) is 108 Å². The SMILES string of the molecule is CC(=O)OC[C@]12CC=C3[C@H](C[C@H]4O[C@]45CC=CC(=O)[C@]35C)[C@]1(O)CC[C@@]2(O)[C@@](C)(O)[C@@H]1CC(C)=C(C)C(=O)O1. The first-order valence-corrected chi connectivity index (χ1v) is 13.9. The normalized spacial score (nSPS) is 47.7. The quantitative estimate of drug-likeness (QED) is 0.277.